The van der Waals surface area contributed by atoms with Gasteiger partial charge in [-0.05, 0) is 6.92 Å². The normalized spacial score (nSPS) is 10.2. The zero-order valence-corrected chi connectivity index (χ0v) is 7.51. The Bertz CT molecular complexity index is 105. The van der Waals surface area contributed by atoms with E-state index in [2.05, 4.69) is 5.32 Å². The summed E-state index contributed by atoms with van der Waals surface area (Å²) in [6.07, 6.45) is 0.451. The van der Waals surface area contributed by atoms with Crippen LogP contribution >= 0.6 is 0 Å². The lowest BCUT2D eigenvalue weighted by Crippen LogP contribution is -2.26. The van der Waals surface area contributed by atoms with Crippen LogP contribution in [0.5, 0.6) is 0 Å². The maximum atomic E-state index is 11.0. The minimum absolute atomic E-state index is 0.0682. The number of rotatable bonds is 8. The number of hydrogen-bond donors (Lipinski definition) is 2. The zero-order valence-electron chi connectivity index (χ0n) is 7.51. The third kappa shape index (κ3) is 7.65. The first-order chi connectivity index (χ1) is 5.81. The first-order valence-electron chi connectivity index (χ1n) is 4.22. The lowest BCUT2D eigenvalue weighted by molar-refractivity contribution is -0.119. The SMILES string of the molecule is CCOCCC(=O)CNCCO. The molecule has 12 heavy (non-hydrogen) atoms. The minimum atomic E-state index is 0.0682. The van der Waals surface area contributed by atoms with Crippen LogP contribution in [0, 0.1) is 0 Å². The maximum Gasteiger partial charge on any atom is 0.148 e. The molecule has 0 aliphatic carbocycles. The molecule has 0 radical (unpaired) electrons. The van der Waals surface area contributed by atoms with Gasteiger partial charge in [0, 0.05) is 19.6 Å². The van der Waals surface area contributed by atoms with E-state index in [0.717, 1.165) is 0 Å². The van der Waals surface area contributed by atoms with Crippen LogP contribution in [0.3, 0.4) is 0 Å². The van der Waals surface area contributed by atoms with Gasteiger partial charge in [-0.25, -0.2) is 0 Å². The van der Waals surface area contributed by atoms with Crippen LogP contribution in [-0.2, 0) is 9.53 Å². The molecule has 4 nitrogen and oxygen atoms in total. The highest BCUT2D eigenvalue weighted by atomic mass is 16.5. The van der Waals surface area contributed by atoms with Gasteiger partial charge in [0.25, 0.3) is 0 Å². The van der Waals surface area contributed by atoms with Crippen molar-refractivity contribution in [2.75, 3.05) is 32.9 Å². The Balaban J connectivity index is 3.10. The van der Waals surface area contributed by atoms with Crippen molar-refractivity contribution in [3.63, 3.8) is 0 Å². The van der Waals surface area contributed by atoms with Crippen LogP contribution in [-0.4, -0.2) is 43.8 Å². The molecule has 0 bridgehead atoms. The summed E-state index contributed by atoms with van der Waals surface area (Å²) >= 11 is 0. The van der Waals surface area contributed by atoms with Gasteiger partial charge in [-0.15, -0.1) is 0 Å². The molecule has 0 fully saturated rings. The van der Waals surface area contributed by atoms with E-state index in [4.69, 9.17) is 9.84 Å². The molecule has 0 atom stereocenters. The predicted molar refractivity (Wildman–Crippen MR) is 46.1 cm³/mol. The van der Waals surface area contributed by atoms with E-state index in [0.29, 0.717) is 32.7 Å². The number of carbonyl (C=O) groups is 1. The summed E-state index contributed by atoms with van der Waals surface area (Å²) in [6.45, 7) is 3.91. The molecule has 0 rings (SSSR count). The van der Waals surface area contributed by atoms with Gasteiger partial charge >= 0.3 is 0 Å². The molecule has 0 heterocycles. The monoisotopic (exact) mass is 175 g/mol. The highest BCUT2D eigenvalue weighted by Crippen LogP contribution is 1.83. The van der Waals surface area contributed by atoms with Crippen LogP contribution in [0.4, 0.5) is 0 Å². The van der Waals surface area contributed by atoms with E-state index in [1.165, 1.54) is 0 Å². The van der Waals surface area contributed by atoms with Crippen molar-refractivity contribution < 1.29 is 14.6 Å². The average Bonchev–Trinajstić information content (AvgIpc) is 2.06. The number of ether oxygens (including phenoxy) is 1. The zero-order chi connectivity index (χ0) is 9.23. The Morgan fingerprint density at radius 3 is 2.92 bits per heavy atom. The number of nitrogens with one attached hydrogen (secondary N) is 1. The molecule has 0 aromatic heterocycles. The van der Waals surface area contributed by atoms with Crippen molar-refractivity contribution in [2.45, 2.75) is 13.3 Å². The van der Waals surface area contributed by atoms with E-state index in [-0.39, 0.29) is 12.4 Å². The van der Waals surface area contributed by atoms with Crippen LogP contribution in [0.2, 0.25) is 0 Å². The standard InChI is InChI=1S/C8H17NO3/c1-2-12-6-3-8(11)7-9-4-5-10/h9-10H,2-7H2,1H3. The van der Waals surface area contributed by atoms with E-state index >= 15 is 0 Å². The van der Waals surface area contributed by atoms with Gasteiger partial charge < -0.3 is 15.2 Å². The van der Waals surface area contributed by atoms with E-state index < -0.39 is 0 Å². The number of aliphatic hydroxyl groups excluding tert-OH is 1. The summed E-state index contributed by atoms with van der Waals surface area (Å²) in [7, 11) is 0. The summed E-state index contributed by atoms with van der Waals surface area (Å²) < 4.78 is 5.01. The summed E-state index contributed by atoms with van der Waals surface area (Å²) in [6, 6.07) is 0. The third-order valence-corrected chi connectivity index (χ3v) is 1.34. The Kier molecular flexibility index (Phi) is 8.32. The molecule has 0 saturated heterocycles. The molecular weight excluding hydrogens is 158 g/mol. The first-order valence-corrected chi connectivity index (χ1v) is 4.22. The van der Waals surface area contributed by atoms with Crippen LogP contribution in [0.25, 0.3) is 0 Å². The van der Waals surface area contributed by atoms with Crippen LogP contribution < -0.4 is 5.32 Å². The van der Waals surface area contributed by atoms with Crippen LogP contribution in [0.1, 0.15) is 13.3 Å². The van der Waals surface area contributed by atoms with E-state index in [9.17, 15) is 4.79 Å². The smallest absolute Gasteiger partial charge is 0.148 e. The average molecular weight is 175 g/mol. The maximum absolute atomic E-state index is 11.0. The van der Waals surface area contributed by atoms with E-state index in [1.54, 1.807) is 0 Å². The lowest BCUT2D eigenvalue weighted by Gasteiger charge is -2.01. The minimum Gasteiger partial charge on any atom is -0.395 e. The molecule has 0 aromatic rings. The van der Waals surface area contributed by atoms with Crippen molar-refractivity contribution in [2.24, 2.45) is 0 Å². The summed E-state index contributed by atoms with van der Waals surface area (Å²) in [4.78, 5) is 11.0. The number of Topliss-reactive ketones (excluding diaryl/α,β-unsaturated/α-hetero) is 1. The fraction of sp³-hybridized carbons (Fsp3) is 0.875. The Hall–Kier alpha value is -0.450. The summed E-state index contributed by atoms with van der Waals surface area (Å²) in [5.41, 5.74) is 0. The lowest BCUT2D eigenvalue weighted by atomic mass is 10.3. The highest BCUT2D eigenvalue weighted by molar-refractivity contribution is 5.80. The molecule has 4 heteroatoms. The topological polar surface area (TPSA) is 58.6 Å². The molecule has 0 unspecified atom stereocenters. The van der Waals surface area contributed by atoms with Gasteiger partial charge in [0.05, 0.1) is 19.8 Å². The first kappa shape index (κ1) is 11.6. The number of ketones is 1. The Morgan fingerprint density at radius 1 is 1.58 bits per heavy atom. The molecule has 0 aliphatic heterocycles. The second kappa shape index (κ2) is 8.64. The van der Waals surface area contributed by atoms with Gasteiger partial charge in [0.15, 0.2) is 0 Å². The molecule has 0 aromatic carbocycles. The molecular formula is C8H17NO3. The van der Waals surface area contributed by atoms with Gasteiger partial charge in [-0.2, -0.15) is 0 Å². The quantitative estimate of drug-likeness (QED) is 0.491. The van der Waals surface area contributed by atoms with Crippen molar-refractivity contribution in [3.8, 4) is 0 Å². The predicted octanol–water partition coefficient (Wildman–Crippen LogP) is -0.436. The van der Waals surface area contributed by atoms with Crippen molar-refractivity contribution in [1.82, 2.24) is 5.32 Å². The number of hydrogen-bond acceptors (Lipinski definition) is 4. The fourth-order valence-electron chi connectivity index (χ4n) is 0.726. The van der Waals surface area contributed by atoms with Gasteiger partial charge in [0.1, 0.15) is 5.78 Å². The fourth-order valence-corrected chi connectivity index (χ4v) is 0.726. The third-order valence-electron chi connectivity index (χ3n) is 1.34. The van der Waals surface area contributed by atoms with Gasteiger partial charge in [-0.3, -0.25) is 4.79 Å². The number of carbonyl (C=O) groups excluding carboxylic acids is 1. The van der Waals surface area contributed by atoms with Gasteiger partial charge in [-0.1, -0.05) is 0 Å². The summed E-state index contributed by atoms with van der Waals surface area (Å²) in [5.74, 6) is 0.122. The molecule has 0 aliphatic rings. The van der Waals surface area contributed by atoms with Crippen molar-refractivity contribution >= 4 is 5.78 Å². The van der Waals surface area contributed by atoms with Crippen LogP contribution in [0.15, 0.2) is 0 Å². The number of aliphatic hydroxyl groups is 1. The van der Waals surface area contributed by atoms with Gasteiger partial charge in [0.2, 0.25) is 0 Å². The molecule has 0 spiro atoms. The highest BCUT2D eigenvalue weighted by Gasteiger charge is 1.99. The molecule has 72 valence electrons. The molecule has 0 saturated carbocycles. The largest absolute Gasteiger partial charge is 0.395 e. The summed E-state index contributed by atoms with van der Waals surface area (Å²) in [5, 5.41) is 11.2. The van der Waals surface area contributed by atoms with Crippen molar-refractivity contribution in [3.05, 3.63) is 0 Å². The second-order valence-corrected chi connectivity index (χ2v) is 2.39. The van der Waals surface area contributed by atoms with E-state index in [1.807, 2.05) is 6.92 Å². The second-order valence-electron chi connectivity index (χ2n) is 2.39. The Labute approximate surface area is 72.9 Å². The molecule has 0 amide bonds. The Morgan fingerprint density at radius 2 is 2.33 bits per heavy atom. The molecule has 2 N–H and O–H groups in total. The van der Waals surface area contributed by atoms with Crippen molar-refractivity contribution in [1.29, 1.82) is 0 Å².